The van der Waals surface area contributed by atoms with Gasteiger partial charge in [0.05, 0.1) is 25.3 Å². The lowest BCUT2D eigenvalue weighted by Gasteiger charge is -2.14. The van der Waals surface area contributed by atoms with E-state index in [1.165, 1.54) is 20.5 Å². The number of nitrogens with zero attached hydrogens (tertiary/aromatic N) is 2. The second-order valence-corrected chi connectivity index (χ2v) is 8.10. The van der Waals surface area contributed by atoms with E-state index in [0.717, 1.165) is 18.4 Å². The summed E-state index contributed by atoms with van der Waals surface area (Å²) in [5.41, 5.74) is 0.368. The highest BCUT2D eigenvalue weighted by molar-refractivity contribution is 7.17. The number of hydrogen-bond donors (Lipinski definition) is 1. The maximum absolute atomic E-state index is 13.2. The van der Waals surface area contributed by atoms with Crippen molar-refractivity contribution in [1.82, 2.24) is 14.5 Å². The Balaban J connectivity index is 1.64. The molecule has 1 aliphatic heterocycles. The van der Waals surface area contributed by atoms with Gasteiger partial charge in [-0.2, -0.15) is 0 Å². The predicted molar refractivity (Wildman–Crippen MR) is 114 cm³/mol. The molecule has 1 aromatic carbocycles. The van der Waals surface area contributed by atoms with Crippen molar-refractivity contribution < 1.29 is 14.3 Å². The first-order valence-electron chi connectivity index (χ1n) is 9.79. The van der Waals surface area contributed by atoms with Crippen LogP contribution in [0.15, 0.2) is 45.3 Å². The Labute approximate surface area is 176 Å². The average Bonchev–Trinajstić information content (AvgIpc) is 3.45. The minimum Gasteiger partial charge on any atom is -0.497 e. The molecule has 0 aliphatic carbocycles. The van der Waals surface area contributed by atoms with E-state index in [0.29, 0.717) is 29.1 Å². The average molecular weight is 429 g/mol. The van der Waals surface area contributed by atoms with Crippen LogP contribution in [0.25, 0.3) is 10.2 Å². The number of thiophene rings is 1. The van der Waals surface area contributed by atoms with Crippen molar-refractivity contribution in [1.29, 1.82) is 0 Å². The highest BCUT2D eigenvalue weighted by atomic mass is 32.1. The van der Waals surface area contributed by atoms with Gasteiger partial charge in [0, 0.05) is 13.2 Å². The molecule has 0 spiro atoms. The zero-order valence-electron chi connectivity index (χ0n) is 16.6. The molecule has 1 amide bonds. The third-order valence-electron chi connectivity index (χ3n) is 5.16. The summed E-state index contributed by atoms with van der Waals surface area (Å²) in [4.78, 5) is 38.6. The molecule has 0 saturated carbocycles. The van der Waals surface area contributed by atoms with Gasteiger partial charge in [-0.1, -0.05) is 12.1 Å². The monoisotopic (exact) mass is 429 g/mol. The van der Waals surface area contributed by atoms with E-state index in [1.807, 2.05) is 6.07 Å². The predicted octanol–water partition coefficient (Wildman–Crippen LogP) is 1.58. The van der Waals surface area contributed by atoms with Crippen LogP contribution in [0.1, 0.15) is 18.4 Å². The van der Waals surface area contributed by atoms with Crippen LogP contribution in [0, 0.1) is 0 Å². The molecule has 1 saturated heterocycles. The van der Waals surface area contributed by atoms with Gasteiger partial charge in [0.25, 0.3) is 5.56 Å². The summed E-state index contributed by atoms with van der Waals surface area (Å²) in [6, 6.07) is 8.91. The number of ether oxygens (including phenoxy) is 2. The first-order valence-corrected chi connectivity index (χ1v) is 10.7. The number of methoxy groups -OCH3 is 1. The molecule has 8 nitrogen and oxygen atoms in total. The first-order chi connectivity index (χ1) is 14.6. The van der Waals surface area contributed by atoms with Crippen LogP contribution in [0.5, 0.6) is 5.75 Å². The van der Waals surface area contributed by atoms with Crippen LogP contribution in [0.3, 0.4) is 0 Å². The van der Waals surface area contributed by atoms with Crippen molar-refractivity contribution in [3.63, 3.8) is 0 Å². The maximum Gasteiger partial charge on any atom is 0.332 e. The van der Waals surface area contributed by atoms with Crippen molar-refractivity contribution in [2.24, 2.45) is 0 Å². The molecule has 158 valence electrons. The topological polar surface area (TPSA) is 91.6 Å². The second-order valence-electron chi connectivity index (χ2n) is 7.19. The lowest BCUT2D eigenvalue weighted by molar-refractivity contribution is -0.122. The largest absolute Gasteiger partial charge is 0.497 e. The van der Waals surface area contributed by atoms with Crippen LogP contribution >= 0.6 is 11.3 Å². The molecule has 30 heavy (non-hydrogen) atoms. The van der Waals surface area contributed by atoms with Crippen molar-refractivity contribution in [2.45, 2.75) is 32.0 Å². The molecule has 1 aliphatic rings. The fourth-order valence-corrected chi connectivity index (χ4v) is 4.45. The van der Waals surface area contributed by atoms with Gasteiger partial charge < -0.3 is 14.8 Å². The van der Waals surface area contributed by atoms with E-state index in [9.17, 15) is 14.4 Å². The van der Waals surface area contributed by atoms with Gasteiger partial charge in [0.1, 0.15) is 17.0 Å². The summed E-state index contributed by atoms with van der Waals surface area (Å²) >= 11 is 1.26. The van der Waals surface area contributed by atoms with Crippen LogP contribution in [0.4, 0.5) is 0 Å². The summed E-state index contributed by atoms with van der Waals surface area (Å²) in [5, 5.41) is 4.58. The van der Waals surface area contributed by atoms with E-state index in [-0.39, 0.29) is 30.7 Å². The Morgan fingerprint density at radius 3 is 2.93 bits per heavy atom. The van der Waals surface area contributed by atoms with E-state index < -0.39 is 5.69 Å². The molecule has 3 heterocycles. The molecule has 1 fully saturated rings. The lowest BCUT2D eigenvalue weighted by atomic mass is 10.2. The Morgan fingerprint density at radius 2 is 2.17 bits per heavy atom. The molecule has 2 aromatic heterocycles. The Morgan fingerprint density at radius 1 is 1.30 bits per heavy atom. The van der Waals surface area contributed by atoms with Crippen molar-refractivity contribution >= 4 is 27.5 Å². The Bertz CT molecular complexity index is 1170. The fraction of sp³-hybridized carbons (Fsp3) is 0.381. The third-order valence-corrected chi connectivity index (χ3v) is 6.06. The van der Waals surface area contributed by atoms with E-state index in [4.69, 9.17) is 9.47 Å². The standard InChI is InChI=1S/C21H23N3O5S/c1-28-15-5-2-4-14(10-15)12-24-20(26)19-17(7-9-30-19)23(21(24)27)13-18(25)22-11-16-6-3-8-29-16/h2,4-5,7,9-10,16H,3,6,8,11-13H2,1H3,(H,22,25)/t16-/m1/s1. The minimum atomic E-state index is -0.513. The van der Waals surface area contributed by atoms with Crippen LogP contribution < -0.4 is 21.3 Å². The van der Waals surface area contributed by atoms with Crippen molar-refractivity contribution in [3.05, 3.63) is 62.1 Å². The van der Waals surface area contributed by atoms with E-state index >= 15 is 0 Å². The van der Waals surface area contributed by atoms with Gasteiger partial charge in [0.15, 0.2) is 0 Å². The highest BCUT2D eigenvalue weighted by Crippen LogP contribution is 2.17. The van der Waals surface area contributed by atoms with Gasteiger partial charge in [-0.3, -0.25) is 18.7 Å². The molecule has 0 radical (unpaired) electrons. The number of amides is 1. The molecule has 0 bridgehead atoms. The molecule has 4 rings (SSSR count). The first kappa shape index (κ1) is 20.4. The number of aromatic nitrogens is 2. The molecule has 9 heteroatoms. The summed E-state index contributed by atoms with van der Waals surface area (Å²) in [6.07, 6.45) is 1.93. The SMILES string of the molecule is COc1cccc(Cn2c(=O)c3sccc3n(CC(=O)NC[C@H]3CCCO3)c2=O)c1. The van der Waals surface area contributed by atoms with Gasteiger partial charge in [-0.05, 0) is 42.0 Å². The van der Waals surface area contributed by atoms with E-state index in [1.54, 1.807) is 36.8 Å². The summed E-state index contributed by atoms with van der Waals surface area (Å²) in [5.74, 6) is 0.360. The van der Waals surface area contributed by atoms with Gasteiger partial charge in [0.2, 0.25) is 5.91 Å². The van der Waals surface area contributed by atoms with E-state index in [2.05, 4.69) is 5.32 Å². The molecular weight excluding hydrogens is 406 g/mol. The number of hydrogen-bond acceptors (Lipinski definition) is 6. The molecule has 3 aromatic rings. The summed E-state index contributed by atoms with van der Waals surface area (Å²) in [7, 11) is 1.56. The molecule has 0 unspecified atom stereocenters. The number of fused-ring (bicyclic) bond motifs is 1. The van der Waals surface area contributed by atoms with Gasteiger partial charge in [-0.15, -0.1) is 11.3 Å². The minimum absolute atomic E-state index is 0.0221. The van der Waals surface area contributed by atoms with Crippen LogP contribution in [0.2, 0.25) is 0 Å². The number of rotatable bonds is 7. The lowest BCUT2D eigenvalue weighted by Crippen LogP contribution is -2.43. The molecular formula is C21H23N3O5S. The third kappa shape index (κ3) is 4.17. The zero-order chi connectivity index (χ0) is 21.1. The maximum atomic E-state index is 13.2. The number of carbonyl (C=O) groups is 1. The zero-order valence-corrected chi connectivity index (χ0v) is 17.4. The number of carbonyl (C=O) groups excluding carboxylic acids is 1. The van der Waals surface area contributed by atoms with Gasteiger partial charge >= 0.3 is 5.69 Å². The van der Waals surface area contributed by atoms with Gasteiger partial charge in [-0.25, -0.2) is 4.79 Å². The van der Waals surface area contributed by atoms with Crippen LogP contribution in [-0.4, -0.2) is 41.4 Å². The normalized spacial score (nSPS) is 16.1. The fourth-order valence-electron chi connectivity index (χ4n) is 3.61. The number of benzene rings is 1. The van der Waals surface area contributed by atoms with Crippen molar-refractivity contribution in [2.75, 3.05) is 20.3 Å². The Kier molecular flexibility index (Phi) is 6.01. The molecule has 1 N–H and O–H groups in total. The Hall–Kier alpha value is -2.91. The highest BCUT2D eigenvalue weighted by Gasteiger charge is 2.19. The number of nitrogens with one attached hydrogen (secondary N) is 1. The van der Waals surface area contributed by atoms with Crippen molar-refractivity contribution in [3.8, 4) is 5.75 Å². The second kappa shape index (κ2) is 8.85. The summed E-state index contributed by atoms with van der Waals surface area (Å²) < 4.78 is 13.7. The van der Waals surface area contributed by atoms with Crippen LogP contribution in [-0.2, 0) is 22.6 Å². The smallest absolute Gasteiger partial charge is 0.332 e. The molecule has 1 atom stereocenters. The summed E-state index contributed by atoms with van der Waals surface area (Å²) in [6.45, 7) is 1.08. The quantitative estimate of drug-likeness (QED) is 0.616.